The highest BCUT2D eigenvalue weighted by molar-refractivity contribution is 5.96. The molecule has 0 aromatic heterocycles. The zero-order valence-corrected chi connectivity index (χ0v) is 12.1. The molecule has 0 aliphatic rings. The van der Waals surface area contributed by atoms with Gasteiger partial charge in [0.05, 0.1) is 19.1 Å². The molecular formula is C14H17NO6. The molecule has 0 spiro atoms. The summed E-state index contributed by atoms with van der Waals surface area (Å²) in [5.41, 5.74) is 0.423. The summed E-state index contributed by atoms with van der Waals surface area (Å²) in [5, 5.41) is 10.8. The number of carbonyl (C=O) groups is 2. The fourth-order valence-electron chi connectivity index (χ4n) is 2.21. The Kier molecular flexibility index (Phi) is 5.83. The van der Waals surface area contributed by atoms with Crippen LogP contribution < -0.4 is 0 Å². The van der Waals surface area contributed by atoms with E-state index in [1.54, 1.807) is 13.0 Å². The quantitative estimate of drug-likeness (QED) is 0.345. The van der Waals surface area contributed by atoms with Gasteiger partial charge in [0.15, 0.2) is 5.92 Å². The van der Waals surface area contributed by atoms with Gasteiger partial charge in [-0.15, -0.1) is 0 Å². The van der Waals surface area contributed by atoms with E-state index in [1.807, 2.05) is 0 Å². The first-order valence-corrected chi connectivity index (χ1v) is 6.36. The lowest BCUT2D eigenvalue weighted by molar-refractivity contribution is -0.384. The molecule has 1 rings (SSSR count). The van der Waals surface area contributed by atoms with Gasteiger partial charge >= 0.3 is 11.9 Å². The minimum absolute atomic E-state index is 0.0977. The predicted octanol–water partition coefficient (Wildman–Crippen LogP) is 2.05. The van der Waals surface area contributed by atoms with Crippen LogP contribution in [0.25, 0.3) is 0 Å². The number of nitrogens with zero attached hydrogens (tertiary/aromatic N) is 1. The van der Waals surface area contributed by atoms with Crippen LogP contribution in [0.3, 0.4) is 0 Å². The average molecular weight is 295 g/mol. The van der Waals surface area contributed by atoms with E-state index < -0.39 is 28.7 Å². The highest BCUT2D eigenvalue weighted by Gasteiger charge is 2.37. The molecule has 0 saturated carbocycles. The predicted molar refractivity (Wildman–Crippen MR) is 73.7 cm³/mol. The van der Waals surface area contributed by atoms with Gasteiger partial charge in [0, 0.05) is 18.1 Å². The van der Waals surface area contributed by atoms with E-state index in [-0.39, 0.29) is 5.69 Å². The second-order valence-electron chi connectivity index (χ2n) is 4.39. The van der Waals surface area contributed by atoms with Crippen molar-refractivity contribution >= 4 is 17.6 Å². The zero-order valence-electron chi connectivity index (χ0n) is 12.1. The van der Waals surface area contributed by atoms with Gasteiger partial charge in [-0.05, 0) is 12.0 Å². The van der Waals surface area contributed by atoms with E-state index in [0.717, 1.165) is 0 Å². The minimum atomic E-state index is -1.15. The first-order valence-electron chi connectivity index (χ1n) is 6.36. The maximum Gasteiger partial charge on any atom is 0.320 e. The normalized spacial score (nSPS) is 11.8. The molecule has 114 valence electrons. The lowest BCUT2D eigenvalue weighted by Gasteiger charge is -2.22. The Bertz CT molecular complexity index is 526. The molecule has 0 radical (unpaired) electrons. The van der Waals surface area contributed by atoms with Crippen molar-refractivity contribution in [2.24, 2.45) is 5.92 Å². The number of hydrogen-bond acceptors (Lipinski definition) is 6. The van der Waals surface area contributed by atoms with Crippen molar-refractivity contribution in [3.8, 4) is 0 Å². The van der Waals surface area contributed by atoms with Crippen LogP contribution in [0.5, 0.6) is 0 Å². The van der Waals surface area contributed by atoms with E-state index in [0.29, 0.717) is 12.0 Å². The average Bonchev–Trinajstić information content (AvgIpc) is 2.51. The summed E-state index contributed by atoms with van der Waals surface area (Å²) in [6.45, 7) is 1.78. The van der Waals surface area contributed by atoms with Gasteiger partial charge in [-0.2, -0.15) is 0 Å². The van der Waals surface area contributed by atoms with Crippen molar-refractivity contribution in [1.82, 2.24) is 0 Å². The Morgan fingerprint density at radius 2 is 1.81 bits per heavy atom. The van der Waals surface area contributed by atoms with Crippen LogP contribution in [0.1, 0.15) is 24.8 Å². The van der Waals surface area contributed by atoms with Crippen LogP contribution in [0, 0.1) is 16.0 Å². The number of methoxy groups -OCH3 is 2. The summed E-state index contributed by atoms with van der Waals surface area (Å²) in [6.07, 6.45) is 0.427. The Hall–Kier alpha value is -2.44. The van der Waals surface area contributed by atoms with Crippen molar-refractivity contribution in [1.29, 1.82) is 0 Å². The smallest absolute Gasteiger partial charge is 0.320 e. The lowest BCUT2D eigenvalue weighted by atomic mass is 9.83. The molecule has 0 fully saturated rings. The lowest BCUT2D eigenvalue weighted by Crippen LogP contribution is -2.32. The summed E-state index contributed by atoms with van der Waals surface area (Å²) in [5.74, 6) is -3.14. The maximum absolute atomic E-state index is 11.8. The molecule has 21 heavy (non-hydrogen) atoms. The van der Waals surface area contributed by atoms with Gasteiger partial charge < -0.3 is 9.47 Å². The number of rotatable bonds is 6. The van der Waals surface area contributed by atoms with E-state index in [4.69, 9.17) is 0 Å². The Labute approximate surface area is 122 Å². The fourth-order valence-corrected chi connectivity index (χ4v) is 2.21. The van der Waals surface area contributed by atoms with Crippen molar-refractivity contribution < 1.29 is 24.0 Å². The molecule has 7 heteroatoms. The Balaban J connectivity index is 3.25. The van der Waals surface area contributed by atoms with Gasteiger partial charge in [0.25, 0.3) is 5.69 Å². The Morgan fingerprint density at radius 3 is 2.24 bits per heavy atom. The number of carbonyl (C=O) groups excluding carboxylic acids is 2. The second kappa shape index (κ2) is 7.37. The van der Waals surface area contributed by atoms with Gasteiger partial charge in [0.1, 0.15) is 0 Å². The molecule has 0 amide bonds. The highest BCUT2D eigenvalue weighted by Crippen LogP contribution is 2.31. The van der Waals surface area contributed by atoms with Crippen LogP contribution in [0.4, 0.5) is 5.69 Å². The first kappa shape index (κ1) is 16.6. The number of benzene rings is 1. The molecule has 1 aromatic carbocycles. The fraction of sp³-hybridized carbons (Fsp3) is 0.429. The van der Waals surface area contributed by atoms with Gasteiger partial charge in [-0.3, -0.25) is 19.7 Å². The number of non-ortho nitro benzene ring substituents is 1. The largest absolute Gasteiger partial charge is 0.468 e. The molecular weight excluding hydrogens is 278 g/mol. The molecule has 7 nitrogen and oxygen atoms in total. The summed E-state index contributed by atoms with van der Waals surface area (Å²) >= 11 is 0. The first-order chi connectivity index (χ1) is 9.96. The van der Waals surface area contributed by atoms with Crippen LogP contribution in [-0.4, -0.2) is 31.1 Å². The van der Waals surface area contributed by atoms with E-state index >= 15 is 0 Å². The number of ether oxygens (including phenoxy) is 2. The van der Waals surface area contributed by atoms with Crippen molar-refractivity contribution in [2.45, 2.75) is 19.3 Å². The molecule has 0 saturated heterocycles. The summed E-state index contributed by atoms with van der Waals surface area (Å²) in [4.78, 5) is 34.0. The van der Waals surface area contributed by atoms with Crippen molar-refractivity contribution in [2.75, 3.05) is 14.2 Å². The summed E-state index contributed by atoms with van der Waals surface area (Å²) in [6, 6.07) is 5.86. The van der Waals surface area contributed by atoms with Crippen LogP contribution in [0.15, 0.2) is 24.3 Å². The third-order valence-corrected chi connectivity index (χ3v) is 3.26. The molecule has 0 N–H and O–H groups in total. The monoisotopic (exact) mass is 295 g/mol. The van der Waals surface area contributed by atoms with Crippen LogP contribution >= 0.6 is 0 Å². The van der Waals surface area contributed by atoms with Gasteiger partial charge in [-0.25, -0.2) is 0 Å². The van der Waals surface area contributed by atoms with Crippen LogP contribution in [-0.2, 0) is 19.1 Å². The second-order valence-corrected chi connectivity index (χ2v) is 4.39. The Morgan fingerprint density at radius 1 is 1.24 bits per heavy atom. The molecule has 1 aromatic rings. The van der Waals surface area contributed by atoms with Gasteiger partial charge in [0.2, 0.25) is 0 Å². The van der Waals surface area contributed by atoms with E-state index in [9.17, 15) is 19.7 Å². The van der Waals surface area contributed by atoms with Crippen molar-refractivity contribution in [3.05, 3.63) is 39.9 Å². The number of hydrogen-bond donors (Lipinski definition) is 0. The van der Waals surface area contributed by atoms with Crippen LogP contribution in [0.2, 0.25) is 0 Å². The standard InChI is InChI=1S/C14H17NO6/c1-4-11(12(13(16)20-2)14(17)21-3)9-6-5-7-10(8-9)15(18)19/h5-8,11-12H,4H2,1-3H3. The molecule has 0 heterocycles. The van der Waals surface area contributed by atoms with Gasteiger partial charge in [-0.1, -0.05) is 19.1 Å². The maximum atomic E-state index is 11.8. The third kappa shape index (κ3) is 3.77. The third-order valence-electron chi connectivity index (χ3n) is 3.26. The van der Waals surface area contributed by atoms with E-state index in [1.165, 1.54) is 32.4 Å². The van der Waals surface area contributed by atoms with Crippen molar-refractivity contribution in [3.63, 3.8) is 0 Å². The summed E-state index contributed by atoms with van der Waals surface area (Å²) < 4.78 is 9.29. The zero-order chi connectivity index (χ0) is 16.0. The number of esters is 2. The molecule has 0 aliphatic heterocycles. The number of nitro groups is 1. The SMILES string of the molecule is CCC(c1cccc([N+](=O)[O-])c1)C(C(=O)OC)C(=O)OC. The molecule has 1 atom stereocenters. The van der Waals surface area contributed by atoms with E-state index in [2.05, 4.69) is 9.47 Å². The molecule has 0 bridgehead atoms. The molecule has 0 aliphatic carbocycles. The topological polar surface area (TPSA) is 95.7 Å². The number of nitro benzene ring substituents is 1. The molecule has 1 unspecified atom stereocenters. The summed E-state index contributed by atoms with van der Waals surface area (Å²) in [7, 11) is 2.36. The highest BCUT2D eigenvalue weighted by atomic mass is 16.6. The minimum Gasteiger partial charge on any atom is -0.468 e.